The lowest BCUT2D eigenvalue weighted by Crippen LogP contribution is -2.18. The number of hydrogen-bond donors (Lipinski definition) is 3. The first-order valence-electron chi connectivity index (χ1n) is 8.38. The molecule has 0 bridgehead atoms. The lowest BCUT2D eigenvalue weighted by molar-refractivity contribution is -0.385. The van der Waals surface area contributed by atoms with E-state index < -0.39 is 22.5 Å². The van der Waals surface area contributed by atoms with Gasteiger partial charge in [-0.1, -0.05) is 24.3 Å². The normalized spacial score (nSPS) is 10.5. The zero-order valence-electron chi connectivity index (χ0n) is 15.3. The number of para-hydroxylation sites is 1. The van der Waals surface area contributed by atoms with Crippen molar-refractivity contribution in [3.05, 3.63) is 80.9 Å². The summed E-state index contributed by atoms with van der Waals surface area (Å²) in [5.41, 5.74) is 11.2. The molecule has 1 amide bonds. The predicted octanol–water partition coefficient (Wildman–Crippen LogP) is 2.66. The molecule has 0 aliphatic rings. The Morgan fingerprint density at radius 2 is 1.79 bits per heavy atom. The molecule has 3 aromatic carbocycles. The second-order valence-corrected chi connectivity index (χ2v) is 6.28. The largest absolute Gasteiger partial charge is 0.422 e. The molecule has 29 heavy (non-hydrogen) atoms. The summed E-state index contributed by atoms with van der Waals surface area (Å²) in [5, 5.41) is 19.7. The Hall–Kier alpha value is -4.27. The fourth-order valence-corrected chi connectivity index (χ4v) is 3.02. The van der Waals surface area contributed by atoms with Gasteiger partial charge in [-0.25, -0.2) is 4.79 Å². The highest BCUT2D eigenvalue weighted by molar-refractivity contribution is 6.11. The molecule has 0 spiro atoms. The van der Waals surface area contributed by atoms with Gasteiger partial charge in [0.1, 0.15) is 17.1 Å². The zero-order valence-corrected chi connectivity index (χ0v) is 15.3. The third kappa shape index (κ3) is 3.61. The Morgan fingerprint density at radius 1 is 1.10 bits per heavy atom. The van der Waals surface area contributed by atoms with Gasteiger partial charge in [0.15, 0.2) is 0 Å². The van der Waals surface area contributed by atoms with Gasteiger partial charge in [0, 0.05) is 11.6 Å². The van der Waals surface area contributed by atoms with Crippen LogP contribution in [-0.2, 0) is 0 Å². The number of carbonyl (C=O) groups is 2. The number of amides is 1. The number of fused-ring (bicyclic) bond motifs is 1. The fourth-order valence-electron chi connectivity index (χ4n) is 3.02. The van der Waals surface area contributed by atoms with E-state index in [1.165, 1.54) is 24.3 Å². The number of esters is 1. The number of primary amides is 1. The van der Waals surface area contributed by atoms with Crippen molar-refractivity contribution in [2.45, 2.75) is 6.92 Å². The van der Waals surface area contributed by atoms with E-state index in [0.717, 1.165) is 0 Å². The second-order valence-electron chi connectivity index (χ2n) is 6.28. The molecule has 0 heterocycles. The highest BCUT2D eigenvalue weighted by atomic mass is 16.6. The molecule has 9 heteroatoms. The van der Waals surface area contributed by atoms with E-state index in [0.29, 0.717) is 21.9 Å². The predicted molar refractivity (Wildman–Crippen MR) is 106 cm³/mol. The van der Waals surface area contributed by atoms with E-state index >= 15 is 0 Å². The van der Waals surface area contributed by atoms with E-state index in [-0.39, 0.29) is 22.7 Å². The van der Waals surface area contributed by atoms with Crippen LogP contribution < -0.4 is 16.2 Å². The van der Waals surface area contributed by atoms with Gasteiger partial charge >= 0.3 is 5.97 Å². The van der Waals surface area contributed by atoms with Crippen LogP contribution in [0.1, 0.15) is 31.8 Å². The van der Waals surface area contributed by atoms with Gasteiger partial charge in [0.25, 0.3) is 11.6 Å². The molecular formula is C20H16N4O5. The van der Waals surface area contributed by atoms with Crippen LogP contribution in [0.4, 0.5) is 5.69 Å². The van der Waals surface area contributed by atoms with E-state index in [9.17, 15) is 19.7 Å². The molecule has 0 saturated heterocycles. The highest BCUT2D eigenvalue weighted by Crippen LogP contribution is 2.33. The van der Waals surface area contributed by atoms with Crippen molar-refractivity contribution < 1.29 is 19.2 Å². The number of nitro benzene ring substituents is 1. The van der Waals surface area contributed by atoms with Gasteiger partial charge in [-0.2, -0.15) is 0 Å². The quantitative estimate of drug-likeness (QED) is 0.151. The first-order chi connectivity index (χ1) is 13.7. The Balaban J connectivity index is 2.16. The van der Waals surface area contributed by atoms with Crippen molar-refractivity contribution in [1.29, 1.82) is 5.41 Å². The maximum atomic E-state index is 12.6. The Labute approximate surface area is 164 Å². The molecule has 0 atom stereocenters. The van der Waals surface area contributed by atoms with Gasteiger partial charge in [0.05, 0.1) is 10.5 Å². The molecule has 5 N–H and O–H groups in total. The summed E-state index contributed by atoms with van der Waals surface area (Å²) in [7, 11) is 0. The van der Waals surface area contributed by atoms with Gasteiger partial charge in [-0.3, -0.25) is 20.3 Å². The summed E-state index contributed by atoms with van der Waals surface area (Å²) in [5.74, 6) is -2.04. The average molecular weight is 392 g/mol. The minimum atomic E-state index is -0.984. The van der Waals surface area contributed by atoms with Crippen molar-refractivity contribution in [2.75, 3.05) is 0 Å². The number of nitrogens with two attached hydrogens (primary N) is 2. The smallest absolute Gasteiger partial charge is 0.350 e. The number of nitrogens with zero attached hydrogens (tertiary/aromatic N) is 1. The third-order valence-corrected chi connectivity index (χ3v) is 4.35. The fraction of sp³-hybridized carbons (Fsp3) is 0.0500. The van der Waals surface area contributed by atoms with Crippen molar-refractivity contribution in [3.63, 3.8) is 0 Å². The van der Waals surface area contributed by atoms with Crippen LogP contribution in [0.25, 0.3) is 10.8 Å². The average Bonchev–Trinajstić information content (AvgIpc) is 2.67. The van der Waals surface area contributed by atoms with Crippen molar-refractivity contribution in [3.8, 4) is 5.75 Å². The van der Waals surface area contributed by atoms with Crippen molar-refractivity contribution in [2.24, 2.45) is 11.5 Å². The Bertz CT molecular complexity index is 1200. The number of nitrogen functional groups attached to an aromatic ring is 1. The van der Waals surface area contributed by atoms with Gasteiger partial charge in [-0.15, -0.1) is 0 Å². The lowest BCUT2D eigenvalue weighted by atomic mass is 9.97. The van der Waals surface area contributed by atoms with Gasteiger partial charge < -0.3 is 16.2 Å². The summed E-state index contributed by atoms with van der Waals surface area (Å²) in [6.45, 7) is 1.61. The van der Waals surface area contributed by atoms with Crippen molar-refractivity contribution >= 4 is 34.2 Å². The van der Waals surface area contributed by atoms with Crippen LogP contribution in [0.15, 0.2) is 48.5 Å². The van der Waals surface area contributed by atoms with E-state index in [2.05, 4.69) is 0 Å². The minimum absolute atomic E-state index is 0.0398. The molecule has 3 rings (SSSR count). The van der Waals surface area contributed by atoms with Crippen LogP contribution in [0.5, 0.6) is 5.75 Å². The first-order valence-corrected chi connectivity index (χ1v) is 8.38. The number of amidine groups is 1. The molecule has 0 aromatic heterocycles. The second kappa shape index (κ2) is 7.39. The molecule has 146 valence electrons. The number of nitrogens with one attached hydrogen (secondary N) is 1. The number of hydrogen-bond acceptors (Lipinski definition) is 6. The van der Waals surface area contributed by atoms with Crippen LogP contribution >= 0.6 is 0 Å². The van der Waals surface area contributed by atoms with E-state index in [4.69, 9.17) is 21.6 Å². The summed E-state index contributed by atoms with van der Waals surface area (Å²) < 4.78 is 5.39. The monoisotopic (exact) mass is 392 g/mol. The van der Waals surface area contributed by atoms with Crippen LogP contribution in [0.3, 0.4) is 0 Å². The number of ether oxygens (including phenoxy) is 1. The number of rotatable bonds is 5. The van der Waals surface area contributed by atoms with Crippen LogP contribution in [0.2, 0.25) is 0 Å². The van der Waals surface area contributed by atoms with Gasteiger partial charge in [-0.05, 0) is 41.5 Å². The summed E-state index contributed by atoms with van der Waals surface area (Å²) in [4.78, 5) is 35.3. The molecule has 0 radical (unpaired) electrons. The molecule has 0 unspecified atom stereocenters. The van der Waals surface area contributed by atoms with Crippen LogP contribution in [0, 0.1) is 22.4 Å². The summed E-state index contributed by atoms with van der Waals surface area (Å²) in [6, 6.07) is 11.7. The van der Waals surface area contributed by atoms with E-state index in [1.54, 1.807) is 31.2 Å². The zero-order chi connectivity index (χ0) is 21.3. The molecule has 0 fully saturated rings. The number of nitro groups is 1. The topological polar surface area (TPSA) is 162 Å². The Morgan fingerprint density at radius 3 is 2.41 bits per heavy atom. The molecule has 0 aliphatic heterocycles. The molecule has 0 saturated carbocycles. The molecule has 9 nitrogen and oxygen atoms in total. The maximum absolute atomic E-state index is 12.6. The number of benzene rings is 3. The van der Waals surface area contributed by atoms with E-state index in [1.807, 2.05) is 0 Å². The van der Waals surface area contributed by atoms with Gasteiger partial charge in [0.2, 0.25) is 0 Å². The maximum Gasteiger partial charge on any atom is 0.350 e. The number of carbonyl (C=O) groups excluding carboxylic acids is 2. The van der Waals surface area contributed by atoms with Crippen LogP contribution in [-0.4, -0.2) is 22.6 Å². The first kappa shape index (κ1) is 19.5. The summed E-state index contributed by atoms with van der Waals surface area (Å²) >= 11 is 0. The minimum Gasteiger partial charge on any atom is -0.422 e. The summed E-state index contributed by atoms with van der Waals surface area (Å²) in [6.07, 6.45) is 0. The standard InChI is InChI=1S/C20H16N4O5/c1-10-8-12-9-11(18(21)22)6-7-13(12)16(19(23)25)17(10)29-20(26)14-4-2-3-5-15(14)24(27)28/h2-9H,1H3,(H3,21,22)(H2,23,25). The lowest BCUT2D eigenvalue weighted by Gasteiger charge is -2.15. The van der Waals surface area contributed by atoms with Crippen molar-refractivity contribution in [1.82, 2.24) is 0 Å². The number of aryl methyl sites for hydroxylation is 1. The molecule has 3 aromatic rings. The molecule has 0 aliphatic carbocycles. The molecular weight excluding hydrogens is 376 g/mol. The Kier molecular flexibility index (Phi) is 4.97. The third-order valence-electron chi connectivity index (χ3n) is 4.35. The highest BCUT2D eigenvalue weighted by Gasteiger charge is 2.25. The SMILES string of the molecule is Cc1cc2cc(C(=N)N)ccc2c(C(N)=O)c1OC(=O)c1ccccc1[N+](=O)[O-].